The summed E-state index contributed by atoms with van der Waals surface area (Å²) in [7, 11) is 0. The van der Waals surface area contributed by atoms with Gasteiger partial charge in [0.25, 0.3) is 6.47 Å². The summed E-state index contributed by atoms with van der Waals surface area (Å²) < 4.78 is 56.9. The van der Waals surface area contributed by atoms with Crippen molar-refractivity contribution in [1.29, 1.82) is 0 Å². The number of rotatable bonds is 4. The van der Waals surface area contributed by atoms with Crippen LogP contribution in [-0.4, -0.2) is 6.47 Å². The Morgan fingerprint density at radius 3 is 1.60 bits per heavy atom. The third-order valence-corrected chi connectivity index (χ3v) is 2.68. The molecule has 0 aromatic heterocycles. The van der Waals surface area contributed by atoms with Crippen molar-refractivity contribution in [3.8, 4) is 0 Å². The molecule has 0 atom stereocenters. The summed E-state index contributed by atoms with van der Waals surface area (Å²) in [4.78, 5) is 10.5. The van der Waals surface area contributed by atoms with E-state index in [9.17, 15) is 22.4 Å². The zero-order valence-corrected chi connectivity index (χ0v) is 9.95. The molecule has 0 aliphatic rings. The van der Waals surface area contributed by atoms with E-state index in [4.69, 9.17) is 4.74 Å². The number of carbonyl (C=O) groups is 1. The number of carbonyl (C=O) groups excluding carboxylic acids is 1. The van der Waals surface area contributed by atoms with Crippen LogP contribution in [0.3, 0.4) is 0 Å². The van der Waals surface area contributed by atoms with E-state index in [1.807, 2.05) is 0 Å². The molecule has 0 aliphatic heterocycles. The smallest absolute Gasteiger partial charge is 0.294 e. The van der Waals surface area contributed by atoms with Crippen LogP contribution in [0.1, 0.15) is 17.2 Å². The van der Waals surface area contributed by atoms with Crippen LogP contribution in [0.15, 0.2) is 36.4 Å². The van der Waals surface area contributed by atoms with E-state index in [1.54, 1.807) is 0 Å². The highest BCUT2D eigenvalue weighted by atomic mass is 19.2. The predicted octanol–water partition coefficient (Wildman–Crippen LogP) is 3.51. The average molecular weight is 284 g/mol. The molecule has 0 amide bonds. The second kappa shape index (κ2) is 5.73. The Bertz CT molecular complexity index is 592. The molecule has 0 aliphatic carbocycles. The van der Waals surface area contributed by atoms with Crippen molar-refractivity contribution < 1.29 is 27.1 Å². The minimum atomic E-state index is -1.15. The van der Waals surface area contributed by atoms with E-state index >= 15 is 0 Å². The maximum atomic E-state index is 13.2. The van der Waals surface area contributed by atoms with Gasteiger partial charge >= 0.3 is 0 Å². The van der Waals surface area contributed by atoms with Crippen LogP contribution in [0.5, 0.6) is 0 Å². The summed E-state index contributed by atoms with van der Waals surface area (Å²) in [6, 6.07) is 5.73. The van der Waals surface area contributed by atoms with Gasteiger partial charge in [0.05, 0.1) is 0 Å². The molecular formula is C14H8F4O2. The first kappa shape index (κ1) is 14.0. The molecule has 2 rings (SSSR count). The van der Waals surface area contributed by atoms with Gasteiger partial charge in [-0.3, -0.25) is 4.79 Å². The zero-order chi connectivity index (χ0) is 14.7. The molecule has 0 fully saturated rings. The maximum Gasteiger partial charge on any atom is 0.294 e. The Morgan fingerprint density at radius 2 is 1.25 bits per heavy atom. The highest BCUT2D eigenvalue weighted by Crippen LogP contribution is 2.27. The summed E-state index contributed by atoms with van der Waals surface area (Å²) in [6.45, 7) is 0.0905. The summed E-state index contributed by atoms with van der Waals surface area (Å²) in [5.41, 5.74) is 0.198. The first-order valence-corrected chi connectivity index (χ1v) is 5.52. The Hall–Kier alpha value is -2.37. The standard InChI is InChI=1S/C14H8F4O2/c15-10-3-1-8(5-12(10)17)14(20-7-19)9-2-4-11(16)13(18)6-9/h1-7,14H. The van der Waals surface area contributed by atoms with Gasteiger partial charge in [-0.25, -0.2) is 17.6 Å². The minimum absolute atomic E-state index is 0.0905. The average Bonchev–Trinajstić information content (AvgIpc) is 2.43. The molecule has 0 bridgehead atoms. The van der Waals surface area contributed by atoms with Crippen LogP contribution in [0.25, 0.3) is 0 Å². The van der Waals surface area contributed by atoms with Crippen molar-refractivity contribution in [2.24, 2.45) is 0 Å². The molecule has 20 heavy (non-hydrogen) atoms. The van der Waals surface area contributed by atoms with E-state index in [1.165, 1.54) is 12.1 Å². The molecule has 2 nitrogen and oxygen atoms in total. The van der Waals surface area contributed by atoms with Crippen LogP contribution in [-0.2, 0) is 9.53 Å². The van der Waals surface area contributed by atoms with Crippen molar-refractivity contribution in [3.63, 3.8) is 0 Å². The fourth-order valence-electron chi connectivity index (χ4n) is 1.76. The summed E-state index contributed by atoms with van der Waals surface area (Å²) in [5.74, 6) is -4.40. The molecule has 104 valence electrons. The van der Waals surface area contributed by atoms with E-state index in [2.05, 4.69) is 0 Å². The summed E-state index contributed by atoms with van der Waals surface area (Å²) in [5, 5.41) is 0. The molecule has 0 N–H and O–H groups in total. The molecule has 0 heterocycles. The monoisotopic (exact) mass is 284 g/mol. The van der Waals surface area contributed by atoms with Gasteiger partial charge in [0.1, 0.15) is 0 Å². The lowest BCUT2D eigenvalue weighted by Crippen LogP contribution is -2.07. The first-order chi connectivity index (χ1) is 9.52. The number of hydrogen-bond acceptors (Lipinski definition) is 2. The molecule has 0 unspecified atom stereocenters. The van der Waals surface area contributed by atoms with Crippen LogP contribution in [0.4, 0.5) is 17.6 Å². The van der Waals surface area contributed by atoms with E-state index in [-0.39, 0.29) is 17.6 Å². The molecule has 2 aromatic carbocycles. The van der Waals surface area contributed by atoms with Gasteiger partial charge in [-0.1, -0.05) is 12.1 Å². The lowest BCUT2D eigenvalue weighted by atomic mass is 10.0. The number of benzene rings is 2. The lowest BCUT2D eigenvalue weighted by molar-refractivity contribution is -0.132. The zero-order valence-electron chi connectivity index (χ0n) is 9.95. The number of hydrogen-bond donors (Lipinski definition) is 0. The third-order valence-electron chi connectivity index (χ3n) is 2.68. The van der Waals surface area contributed by atoms with Crippen molar-refractivity contribution >= 4 is 6.47 Å². The van der Waals surface area contributed by atoms with Crippen molar-refractivity contribution in [1.82, 2.24) is 0 Å². The molecule has 0 saturated heterocycles. The van der Waals surface area contributed by atoms with Gasteiger partial charge in [-0.2, -0.15) is 0 Å². The van der Waals surface area contributed by atoms with Crippen molar-refractivity contribution in [3.05, 3.63) is 70.8 Å². The molecule has 2 aromatic rings. The van der Waals surface area contributed by atoms with Crippen LogP contribution >= 0.6 is 0 Å². The Balaban J connectivity index is 2.46. The quantitative estimate of drug-likeness (QED) is 0.634. The maximum absolute atomic E-state index is 13.2. The predicted molar refractivity (Wildman–Crippen MR) is 61.7 cm³/mol. The number of halogens is 4. The highest BCUT2D eigenvalue weighted by molar-refractivity contribution is 5.42. The highest BCUT2D eigenvalue weighted by Gasteiger charge is 2.19. The van der Waals surface area contributed by atoms with Gasteiger partial charge in [0, 0.05) is 11.1 Å². The fourth-order valence-corrected chi connectivity index (χ4v) is 1.76. The molecule has 0 saturated carbocycles. The van der Waals surface area contributed by atoms with Gasteiger partial charge in [-0.15, -0.1) is 0 Å². The van der Waals surface area contributed by atoms with Gasteiger partial charge < -0.3 is 4.74 Å². The Morgan fingerprint density at radius 1 is 0.800 bits per heavy atom. The minimum Gasteiger partial charge on any atom is -0.455 e. The summed E-state index contributed by atoms with van der Waals surface area (Å²) in [6.07, 6.45) is -1.15. The Kier molecular flexibility index (Phi) is 4.02. The number of ether oxygens (including phenoxy) is 1. The van der Waals surface area contributed by atoms with Gasteiger partial charge in [-0.05, 0) is 24.3 Å². The van der Waals surface area contributed by atoms with Crippen molar-refractivity contribution in [2.45, 2.75) is 6.10 Å². The fraction of sp³-hybridized carbons (Fsp3) is 0.0714. The normalized spacial score (nSPS) is 10.7. The van der Waals surface area contributed by atoms with Crippen LogP contribution in [0, 0.1) is 23.3 Å². The summed E-state index contributed by atoms with van der Waals surface area (Å²) >= 11 is 0. The van der Waals surface area contributed by atoms with E-state index in [0.717, 1.165) is 24.3 Å². The van der Waals surface area contributed by atoms with Crippen LogP contribution in [0.2, 0.25) is 0 Å². The van der Waals surface area contributed by atoms with Gasteiger partial charge in [0.15, 0.2) is 29.4 Å². The lowest BCUT2D eigenvalue weighted by Gasteiger charge is -2.16. The van der Waals surface area contributed by atoms with Gasteiger partial charge in [0.2, 0.25) is 0 Å². The first-order valence-electron chi connectivity index (χ1n) is 5.52. The molecular weight excluding hydrogens is 276 g/mol. The van der Waals surface area contributed by atoms with Crippen molar-refractivity contribution in [2.75, 3.05) is 0 Å². The molecule has 0 spiro atoms. The van der Waals surface area contributed by atoms with E-state index < -0.39 is 29.4 Å². The van der Waals surface area contributed by atoms with Crippen LogP contribution < -0.4 is 0 Å². The molecule has 0 radical (unpaired) electrons. The third kappa shape index (κ3) is 2.79. The second-order valence-electron chi connectivity index (χ2n) is 3.96. The second-order valence-corrected chi connectivity index (χ2v) is 3.96. The Labute approximate surface area is 111 Å². The topological polar surface area (TPSA) is 26.3 Å². The largest absolute Gasteiger partial charge is 0.455 e. The SMILES string of the molecule is O=COC(c1ccc(F)c(F)c1)c1ccc(F)c(F)c1. The van der Waals surface area contributed by atoms with E-state index in [0.29, 0.717) is 0 Å². The molecule has 6 heteroatoms.